The van der Waals surface area contributed by atoms with Gasteiger partial charge in [-0.25, -0.2) is 0 Å². The van der Waals surface area contributed by atoms with Gasteiger partial charge in [-0.15, -0.1) is 0 Å². The van der Waals surface area contributed by atoms with Crippen LogP contribution in [0.4, 0.5) is 0 Å². The normalized spacial score (nSPS) is 8.33. The van der Waals surface area contributed by atoms with Gasteiger partial charge in [-0.2, -0.15) is 0 Å². The Morgan fingerprint density at radius 2 is 1.75 bits per heavy atom. The molecule has 0 aliphatic carbocycles. The zero-order chi connectivity index (χ0) is 9.56. The quantitative estimate of drug-likeness (QED) is 0.638. The molecule has 0 saturated carbocycles. The Bertz CT molecular complexity index is 258. The summed E-state index contributed by atoms with van der Waals surface area (Å²) in [6, 6.07) is 6.65. The Morgan fingerprint density at radius 3 is 2.08 bits per heavy atom. The first-order valence-corrected chi connectivity index (χ1v) is 4.42. The lowest BCUT2D eigenvalue weighted by molar-refractivity contribution is 0.108. The fraction of sp³-hybridized carbons (Fsp3) is 0.222. The summed E-state index contributed by atoms with van der Waals surface area (Å²) in [5.74, 6) is 0. The number of hydrogen-bond donors (Lipinski definition) is 0. The average molecular weight is 205 g/mol. The van der Waals surface area contributed by atoms with Crippen LogP contribution in [0, 0.1) is 0 Å². The number of carbonyl (C=O) groups excluding carboxylic acids is 1. The van der Waals surface area contributed by atoms with E-state index in [1.54, 1.807) is 24.3 Å². The molecule has 0 spiro atoms. The predicted octanol–water partition coefficient (Wildman–Crippen LogP) is 3.75. The van der Waals surface area contributed by atoms with E-state index in [0.29, 0.717) is 10.6 Å². The molecule has 0 saturated heterocycles. The van der Waals surface area contributed by atoms with Crippen molar-refractivity contribution in [3.05, 3.63) is 34.9 Å². The van der Waals surface area contributed by atoms with E-state index in [1.807, 2.05) is 13.8 Å². The van der Waals surface area contributed by atoms with Gasteiger partial charge in [-0.3, -0.25) is 4.79 Å². The molecule has 0 amide bonds. The second-order valence-electron chi connectivity index (χ2n) is 1.75. The molecule has 0 aliphatic rings. The molecule has 0 atom stereocenters. The lowest BCUT2D eigenvalue weighted by Gasteiger charge is -1.93. The first-order valence-electron chi connectivity index (χ1n) is 3.66. The van der Waals surface area contributed by atoms with Gasteiger partial charge in [-0.1, -0.05) is 37.6 Å². The highest BCUT2D eigenvalue weighted by molar-refractivity contribution is 6.68. The second kappa shape index (κ2) is 6.04. The molecular weight excluding hydrogens is 195 g/mol. The van der Waals surface area contributed by atoms with Crippen molar-refractivity contribution in [3.63, 3.8) is 0 Å². The molecule has 3 heteroatoms. The monoisotopic (exact) mass is 204 g/mol. The van der Waals surface area contributed by atoms with Crippen LogP contribution in [0.5, 0.6) is 0 Å². The molecule has 66 valence electrons. The predicted molar refractivity (Wildman–Crippen MR) is 53.0 cm³/mol. The van der Waals surface area contributed by atoms with Crippen LogP contribution in [-0.2, 0) is 0 Å². The van der Waals surface area contributed by atoms with Gasteiger partial charge >= 0.3 is 0 Å². The molecule has 0 radical (unpaired) electrons. The maximum Gasteiger partial charge on any atom is 0.253 e. The van der Waals surface area contributed by atoms with Gasteiger partial charge in [-0.05, 0) is 23.7 Å². The maximum absolute atomic E-state index is 10.5. The molecule has 0 N–H and O–H groups in total. The van der Waals surface area contributed by atoms with E-state index in [4.69, 9.17) is 23.2 Å². The van der Waals surface area contributed by atoms with E-state index < -0.39 is 5.24 Å². The minimum Gasteiger partial charge on any atom is -0.276 e. The molecule has 12 heavy (non-hydrogen) atoms. The fourth-order valence-corrected chi connectivity index (χ4v) is 1.06. The third-order valence-electron chi connectivity index (χ3n) is 1.09. The number of hydrogen-bond acceptors (Lipinski definition) is 1. The van der Waals surface area contributed by atoms with Crippen LogP contribution in [0.25, 0.3) is 0 Å². The van der Waals surface area contributed by atoms with E-state index in [1.165, 1.54) is 0 Å². The fourth-order valence-electron chi connectivity index (χ4n) is 0.621. The number of rotatable bonds is 1. The number of benzene rings is 1. The topological polar surface area (TPSA) is 17.1 Å². The first kappa shape index (κ1) is 11.5. The van der Waals surface area contributed by atoms with Crippen LogP contribution in [0.2, 0.25) is 5.02 Å². The highest BCUT2D eigenvalue weighted by atomic mass is 35.5. The Morgan fingerprint density at radius 1 is 1.25 bits per heavy atom. The highest BCUT2D eigenvalue weighted by Crippen LogP contribution is 2.16. The molecule has 0 aliphatic heterocycles. The molecular formula is C9H10Cl2O. The molecule has 0 unspecified atom stereocenters. The van der Waals surface area contributed by atoms with Gasteiger partial charge in [0, 0.05) is 0 Å². The van der Waals surface area contributed by atoms with Crippen molar-refractivity contribution in [1.82, 2.24) is 0 Å². The lowest BCUT2D eigenvalue weighted by atomic mass is 10.2. The van der Waals surface area contributed by atoms with Gasteiger partial charge in [0.05, 0.1) is 10.6 Å². The van der Waals surface area contributed by atoms with Crippen molar-refractivity contribution >= 4 is 28.4 Å². The number of carbonyl (C=O) groups is 1. The molecule has 0 heterocycles. The molecule has 0 aromatic heterocycles. The second-order valence-corrected chi connectivity index (χ2v) is 2.50. The summed E-state index contributed by atoms with van der Waals surface area (Å²) in [5, 5.41) is -0.131. The van der Waals surface area contributed by atoms with E-state index in [9.17, 15) is 4.79 Å². The van der Waals surface area contributed by atoms with Crippen molar-refractivity contribution in [2.75, 3.05) is 0 Å². The Labute approximate surface area is 82.3 Å². The van der Waals surface area contributed by atoms with Crippen molar-refractivity contribution in [3.8, 4) is 0 Å². The van der Waals surface area contributed by atoms with Gasteiger partial charge in [0.1, 0.15) is 0 Å². The summed E-state index contributed by atoms with van der Waals surface area (Å²) in [6.07, 6.45) is 0. The molecule has 1 nitrogen and oxygen atoms in total. The zero-order valence-corrected chi connectivity index (χ0v) is 8.49. The summed E-state index contributed by atoms with van der Waals surface area (Å²) in [7, 11) is 0. The Hall–Kier alpha value is -0.530. The van der Waals surface area contributed by atoms with Crippen LogP contribution in [-0.4, -0.2) is 5.24 Å². The van der Waals surface area contributed by atoms with Crippen LogP contribution in [0.15, 0.2) is 24.3 Å². The molecule has 0 bridgehead atoms. The van der Waals surface area contributed by atoms with Crippen molar-refractivity contribution in [2.24, 2.45) is 0 Å². The maximum atomic E-state index is 10.5. The average Bonchev–Trinajstić information content (AvgIpc) is 2.08. The summed E-state index contributed by atoms with van der Waals surface area (Å²) in [4.78, 5) is 10.5. The van der Waals surface area contributed by atoms with Gasteiger partial charge in [0.15, 0.2) is 0 Å². The SMILES string of the molecule is CC.O=C(Cl)c1ccccc1Cl. The standard InChI is InChI=1S/C7H4Cl2O.C2H6/c8-6-4-2-1-3-5(6)7(9)10;1-2/h1-4H;1-2H3. The van der Waals surface area contributed by atoms with Crippen LogP contribution in [0.1, 0.15) is 24.2 Å². The summed E-state index contributed by atoms with van der Waals surface area (Å²) >= 11 is 10.8. The van der Waals surface area contributed by atoms with Crippen LogP contribution in [0.3, 0.4) is 0 Å². The van der Waals surface area contributed by atoms with Crippen LogP contribution >= 0.6 is 23.2 Å². The minimum absolute atomic E-state index is 0.353. The summed E-state index contributed by atoms with van der Waals surface area (Å²) in [6.45, 7) is 4.00. The third-order valence-corrected chi connectivity index (χ3v) is 1.62. The smallest absolute Gasteiger partial charge is 0.253 e. The van der Waals surface area contributed by atoms with Gasteiger partial charge < -0.3 is 0 Å². The highest BCUT2D eigenvalue weighted by Gasteiger charge is 2.03. The largest absolute Gasteiger partial charge is 0.276 e. The molecule has 0 fully saturated rings. The van der Waals surface area contributed by atoms with E-state index in [0.717, 1.165) is 0 Å². The van der Waals surface area contributed by atoms with Gasteiger partial charge in [0.2, 0.25) is 0 Å². The van der Waals surface area contributed by atoms with Crippen molar-refractivity contribution in [2.45, 2.75) is 13.8 Å². The van der Waals surface area contributed by atoms with E-state index in [2.05, 4.69) is 0 Å². The first-order chi connectivity index (χ1) is 5.72. The van der Waals surface area contributed by atoms with Gasteiger partial charge in [0.25, 0.3) is 5.24 Å². The Balaban J connectivity index is 0.000000561. The molecule has 1 rings (SSSR count). The van der Waals surface area contributed by atoms with Crippen molar-refractivity contribution in [1.29, 1.82) is 0 Å². The molecule has 1 aromatic rings. The van der Waals surface area contributed by atoms with E-state index >= 15 is 0 Å². The summed E-state index contributed by atoms with van der Waals surface area (Å²) in [5.41, 5.74) is 0.353. The third kappa shape index (κ3) is 3.24. The number of halogens is 2. The van der Waals surface area contributed by atoms with Crippen LogP contribution < -0.4 is 0 Å². The minimum atomic E-state index is -0.523. The Kier molecular flexibility index (Phi) is 5.77. The summed E-state index contributed by atoms with van der Waals surface area (Å²) < 4.78 is 0. The van der Waals surface area contributed by atoms with E-state index in [-0.39, 0.29) is 0 Å². The lowest BCUT2D eigenvalue weighted by Crippen LogP contribution is -1.87. The van der Waals surface area contributed by atoms with Crippen molar-refractivity contribution < 1.29 is 4.79 Å². The zero-order valence-electron chi connectivity index (χ0n) is 6.97. The molecule has 1 aromatic carbocycles.